The van der Waals surface area contributed by atoms with Crippen LogP contribution in [0.2, 0.25) is 0 Å². The molecule has 0 saturated heterocycles. The van der Waals surface area contributed by atoms with Crippen molar-refractivity contribution in [3.05, 3.63) is 41.4 Å². The Hall–Kier alpha value is -1.79. The second-order valence-corrected chi connectivity index (χ2v) is 4.60. The van der Waals surface area contributed by atoms with E-state index in [-0.39, 0.29) is 5.91 Å². The van der Waals surface area contributed by atoms with E-state index < -0.39 is 5.54 Å². The number of aromatic nitrogens is 2. The van der Waals surface area contributed by atoms with Crippen molar-refractivity contribution in [3.8, 4) is 0 Å². The predicted octanol–water partition coefficient (Wildman–Crippen LogP) is 1.35. The molecule has 0 saturated carbocycles. The summed E-state index contributed by atoms with van der Waals surface area (Å²) in [5.41, 5.74) is 7.25. The molecule has 0 bridgehead atoms. The first-order valence-electron chi connectivity index (χ1n) is 5.03. The van der Waals surface area contributed by atoms with Crippen molar-refractivity contribution in [1.82, 2.24) is 10.2 Å². The first-order chi connectivity index (χ1) is 8.10. The normalized spacial score (nSPS) is 14.0. The molecule has 0 spiro atoms. The van der Waals surface area contributed by atoms with Gasteiger partial charge in [-0.3, -0.25) is 10.1 Å². The third-order valence-electron chi connectivity index (χ3n) is 2.43. The number of nitrogens with one attached hydrogen (secondary N) is 1. The minimum atomic E-state index is -1.09. The van der Waals surface area contributed by atoms with E-state index in [1.807, 2.05) is 30.3 Å². The maximum atomic E-state index is 12.0. The highest BCUT2D eigenvalue weighted by Gasteiger charge is 2.30. The number of nitrogens with two attached hydrogens (primary N) is 1. The lowest BCUT2D eigenvalue weighted by molar-refractivity contribution is -0.120. The van der Waals surface area contributed by atoms with Gasteiger partial charge in [-0.15, -0.1) is 10.2 Å². The van der Waals surface area contributed by atoms with Crippen molar-refractivity contribution in [2.24, 2.45) is 5.73 Å². The lowest BCUT2D eigenvalue weighted by Gasteiger charge is -2.23. The van der Waals surface area contributed by atoms with E-state index in [0.717, 1.165) is 5.56 Å². The Morgan fingerprint density at radius 1 is 1.41 bits per heavy atom. The van der Waals surface area contributed by atoms with Gasteiger partial charge >= 0.3 is 0 Å². The van der Waals surface area contributed by atoms with Gasteiger partial charge in [0.1, 0.15) is 11.0 Å². The van der Waals surface area contributed by atoms with Crippen LogP contribution in [0.25, 0.3) is 0 Å². The first-order valence-corrected chi connectivity index (χ1v) is 5.90. The molecule has 17 heavy (non-hydrogen) atoms. The second kappa shape index (κ2) is 4.60. The van der Waals surface area contributed by atoms with E-state index in [0.29, 0.717) is 5.13 Å². The van der Waals surface area contributed by atoms with Crippen LogP contribution in [0, 0.1) is 0 Å². The van der Waals surface area contributed by atoms with Crippen LogP contribution in [0.4, 0.5) is 5.13 Å². The summed E-state index contributed by atoms with van der Waals surface area (Å²) in [6.45, 7) is 1.67. The van der Waals surface area contributed by atoms with Gasteiger partial charge in [-0.1, -0.05) is 41.7 Å². The van der Waals surface area contributed by atoms with Crippen LogP contribution in [0.1, 0.15) is 12.5 Å². The van der Waals surface area contributed by atoms with Gasteiger partial charge in [0.05, 0.1) is 0 Å². The van der Waals surface area contributed by atoms with Crippen LogP contribution < -0.4 is 11.1 Å². The highest BCUT2D eigenvalue weighted by molar-refractivity contribution is 7.13. The molecule has 1 atom stereocenters. The van der Waals surface area contributed by atoms with Crippen molar-refractivity contribution in [3.63, 3.8) is 0 Å². The Labute approximate surface area is 103 Å². The fourth-order valence-electron chi connectivity index (χ4n) is 1.37. The predicted molar refractivity (Wildman–Crippen MR) is 66.5 cm³/mol. The molecule has 0 radical (unpaired) electrons. The molecular weight excluding hydrogens is 236 g/mol. The molecule has 3 N–H and O–H groups in total. The number of amides is 1. The van der Waals surface area contributed by atoms with Gasteiger partial charge in [0.15, 0.2) is 0 Å². The Morgan fingerprint density at radius 3 is 2.71 bits per heavy atom. The quantitative estimate of drug-likeness (QED) is 0.859. The van der Waals surface area contributed by atoms with E-state index in [1.165, 1.54) is 11.3 Å². The Morgan fingerprint density at radius 2 is 2.12 bits per heavy atom. The number of anilines is 1. The first kappa shape index (κ1) is 11.7. The summed E-state index contributed by atoms with van der Waals surface area (Å²) >= 11 is 1.25. The molecule has 5 nitrogen and oxygen atoms in total. The van der Waals surface area contributed by atoms with Crippen LogP contribution in [0.3, 0.4) is 0 Å². The lowest BCUT2D eigenvalue weighted by atomic mass is 9.92. The van der Waals surface area contributed by atoms with E-state index >= 15 is 0 Å². The Bertz CT molecular complexity index is 495. The average molecular weight is 248 g/mol. The fraction of sp³-hybridized carbons (Fsp3) is 0.182. The Balaban J connectivity index is 2.18. The number of benzene rings is 1. The molecule has 88 valence electrons. The van der Waals surface area contributed by atoms with Crippen LogP contribution >= 0.6 is 11.3 Å². The van der Waals surface area contributed by atoms with Gasteiger partial charge in [0.2, 0.25) is 5.13 Å². The molecule has 6 heteroatoms. The van der Waals surface area contributed by atoms with Gasteiger partial charge < -0.3 is 5.73 Å². The third kappa shape index (κ3) is 2.48. The lowest BCUT2D eigenvalue weighted by Crippen LogP contribution is -2.45. The van der Waals surface area contributed by atoms with E-state index in [1.54, 1.807) is 12.4 Å². The average Bonchev–Trinajstić information content (AvgIpc) is 2.83. The van der Waals surface area contributed by atoms with Crippen molar-refractivity contribution in [2.45, 2.75) is 12.5 Å². The third-order valence-corrected chi connectivity index (χ3v) is 3.03. The van der Waals surface area contributed by atoms with E-state index in [2.05, 4.69) is 15.5 Å². The summed E-state index contributed by atoms with van der Waals surface area (Å²) in [4.78, 5) is 12.0. The number of hydrogen-bond donors (Lipinski definition) is 2. The van der Waals surface area contributed by atoms with Crippen molar-refractivity contribution in [2.75, 3.05) is 5.32 Å². The smallest absolute Gasteiger partial charge is 0.250 e. The molecule has 1 heterocycles. The molecule has 0 aliphatic rings. The maximum absolute atomic E-state index is 12.0. The number of hydrogen-bond acceptors (Lipinski definition) is 5. The standard InChI is InChI=1S/C11H12N4OS/c1-11(12,8-5-3-2-4-6-8)9(16)14-10-15-13-7-17-10/h2-7H,12H2,1H3,(H,14,15,16). The highest BCUT2D eigenvalue weighted by atomic mass is 32.1. The van der Waals surface area contributed by atoms with Crippen LogP contribution in [0.5, 0.6) is 0 Å². The summed E-state index contributed by atoms with van der Waals surface area (Å²) in [7, 11) is 0. The number of rotatable bonds is 3. The zero-order valence-electron chi connectivity index (χ0n) is 9.25. The topological polar surface area (TPSA) is 80.9 Å². The summed E-state index contributed by atoms with van der Waals surface area (Å²) in [5.74, 6) is -0.305. The molecule has 1 unspecified atom stereocenters. The minimum absolute atomic E-state index is 0.305. The zero-order chi connectivity index (χ0) is 12.3. The van der Waals surface area contributed by atoms with Gasteiger partial charge in [0, 0.05) is 0 Å². The van der Waals surface area contributed by atoms with Crippen molar-refractivity contribution >= 4 is 22.4 Å². The molecule has 0 aliphatic carbocycles. The summed E-state index contributed by atoms with van der Waals surface area (Å²) < 4.78 is 0. The largest absolute Gasteiger partial charge is 0.314 e. The molecule has 1 amide bonds. The number of nitrogens with zero attached hydrogens (tertiary/aromatic N) is 2. The zero-order valence-corrected chi connectivity index (χ0v) is 10.1. The number of carbonyl (C=O) groups excluding carboxylic acids is 1. The molecule has 0 aliphatic heterocycles. The Kier molecular flexibility index (Phi) is 3.16. The van der Waals surface area contributed by atoms with E-state index in [9.17, 15) is 4.79 Å². The van der Waals surface area contributed by atoms with Crippen molar-refractivity contribution in [1.29, 1.82) is 0 Å². The van der Waals surface area contributed by atoms with Gasteiger partial charge in [-0.05, 0) is 12.5 Å². The SMILES string of the molecule is CC(N)(C(=O)Nc1nncs1)c1ccccc1. The molecular formula is C11H12N4OS. The summed E-state index contributed by atoms with van der Waals surface area (Å²) in [6.07, 6.45) is 0. The summed E-state index contributed by atoms with van der Waals surface area (Å²) in [5, 5.41) is 10.5. The number of carbonyl (C=O) groups is 1. The molecule has 1 aromatic heterocycles. The summed E-state index contributed by atoms with van der Waals surface area (Å²) in [6, 6.07) is 9.21. The van der Waals surface area contributed by atoms with Gasteiger partial charge in [0.25, 0.3) is 5.91 Å². The van der Waals surface area contributed by atoms with Crippen LogP contribution in [-0.2, 0) is 10.3 Å². The van der Waals surface area contributed by atoms with Crippen LogP contribution in [-0.4, -0.2) is 16.1 Å². The van der Waals surface area contributed by atoms with Gasteiger partial charge in [-0.25, -0.2) is 0 Å². The second-order valence-electron chi connectivity index (χ2n) is 3.77. The maximum Gasteiger partial charge on any atom is 0.250 e. The van der Waals surface area contributed by atoms with Gasteiger partial charge in [-0.2, -0.15) is 0 Å². The van der Waals surface area contributed by atoms with Crippen LogP contribution in [0.15, 0.2) is 35.8 Å². The van der Waals surface area contributed by atoms with Crippen molar-refractivity contribution < 1.29 is 4.79 Å². The molecule has 2 rings (SSSR count). The molecule has 1 aromatic carbocycles. The fourth-order valence-corrected chi connectivity index (χ4v) is 1.81. The van der Waals surface area contributed by atoms with E-state index in [4.69, 9.17) is 5.73 Å². The highest BCUT2D eigenvalue weighted by Crippen LogP contribution is 2.20. The molecule has 2 aromatic rings. The minimum Gasteiger partial charge on any atom is -0.314 e. The molecule has 0 fully saturated rings. The monoisotopic (exact) mass is 248 g/mol.